The standard InChI is InChI=1S/C10H20N2O2.ClH/c1-4-9(14-3)10(13)12-6-5-11-7-8(12)2;/h8-9,11H,4-7H2,1-3H3;1H/t8-,9?;/m0./s1. The van der Waals surface area contributed by atoms with Gasteiger partial charge in [0.1, 0.15) is 6.10 Å². The Hall–Kier alpha value is -0.320. The highest BCUT2D eigenvalue weighted by Gasteiger charge is 2.27. The first kappa shape index (κ1) is 14.7. The van der Waals surface area contributed by atoms with Gasteiger partial charge in [-0.3, -0.25) is 4.79 Å². The zero-order valence-corrected chi connectivity index (χ0v) is 10.5. The van der Waals surface area contributed by atoms with E-state index in [-0.39, 0.29) is 30.5 Å². The second kappa shape index (κ2) is 7.04. The number of hydrogen-bond donors (Lipinski definition) is 1. The summed E-state index contributed by atoms with van der Waals surface area (Å²) in [5, 5.41) is 3.26. The van der Waals surface area contributed by atoms with Gasteiger partial charge in [0.2, 0.25) is 0 Å². The molecule has 0 bridgehead atoms. The highest BCUT2D eigenvalue weighted by molar-refractivity contribution is 5.85. The monoisotopic (exact) mass is 236 g/mol. The van der Waals surface area contributed by atoms with Crippen molar-refractivity contribution in [3.05, 3.63) is 0 Å². The summed E-state index contributed by atoms with van der Waals surface area (Å²) in [4.78, 5) is 13.9. The van der Waals surface area contributed by atoms with Gasteiger partial charge in [-0.1, -0.05) is 6.92 Å². The van der Waals surface area contributed by atoms with Gasteiger partial charge in [-0.15, -0.1) is 12.4 Å². The van der Waals surface area contributed by atoms with Crippen LogP contribution in [0.5, 0.6) is 0 Å². The molecule has 1 amide bonds. The third-order valence-corrected chi connectivity index (χ3v) is 2.72. The van der Waals surface area contributed by atoms with Gasteiger partial charge in [-0.05, 0) is 13.3 Å². The number of nitrogens with one attached hydrogen (secondary N) is 1. The van der Waals surface area contributed by atoms with Gasteiger partial charge in [-0.25, -0.2) is 0 Å². The summed E-state index contributed by atoms with van der Waals surface area (Å²) < 4.78 is 5.15. The Labute approximate surface area is 97.8 Å². The molecule has 1 heterocycles. The number of amides is 1. The molecule has 0 aliphatic carbocycles. The fraction of sp³-hybridized carbons (Fsp3) is 0.900. The molecule has 1 fully saturated rings. The van der Waals surface area contributed by atoms with E-state index in [1.54, 1.807) is 7.11 Å². The maximum atomic E-state index is 11.9. The van der Waals surface area contributed by atoms with E-state index < -0.39 is 0 Å². The van der Waals surface area contributed by atoms with Crippen LogP contribution >= 0.6 is 12.4 Å². The smallest absolute Gasteiger partial charge is 0.251 e. The second-order valence-electron chi connectivity index (χ2n) is 3.72. The van der Waals surface area contributed by atoms with Crippen molar-refractivity contribution in [1.29, 1.82) is 0 Å². The van der Waals surface area contributed by atoms with Crippen molar-refractivity contribution in [2.75, 3.05) is 26.7 Å². The number of halogens is 1. The molecule has 1 unspecified atom stereocenters. The van der Waals surface area contributed by atoms with Crippen molar-refractivity contribution >= 4 is 18.3 Å². The van der Waals surface area contributed by atoms with Gasteiger partial charge in [0.15, 0.2) is 0 Å². The number of methoxy groups -OCH3 is 1. The summed E-state index contributed by atoms with van der Waals surface area (Å²) in [7, 11) is 1.60. The maximum absolute atomic E-state index is 11.9. The van der Waals surface area contributed by atoms with Crippen LogP contribution < -0.4 is 5.32 Å². The zero-order chi connectivity index (χ0) is 10.6. The maximum Gasteiger partial charge on any atom is 0.251 e. The average Bonchev–Trinajstić information content (AvgIpc) is 2.20. The summed E-state index contributed by atoms with van der Waals surface area (Å²) in [6.07, 6.45) is 0.474. The minimum Gasteiger partial charge on any atom is -0.372 e. The normalized spacial score (nSPS) is 23.1. The van der Waals surface area contributed by atoms with Crippen LogP contribution in [0.15, 0.2) is 0 Å². The van der Waals surface area contributed by atoms with Gasteiger partial charge in [-0.2, -0.15) is 0 Å². The predicted molar refractivity (Wildman–Crippen MR) is 62.4 cm³/mol. The third-order valence-electron chi connectivity index (χ3n) is 2.72. The lowest BCUT2D eigenvalue weighted by molar-refractivity contribution is -0.145. The molecule has 1 rings (SSSR count). The lowest BCUT2D eigenvalue weighted by Gasteiger charge is -2.35. The second-order valence-corrected chi connectivity index (χ2v) is 3.72. The van der Waals surface area contributed by atoms with Crippen LogP contribution in [0.2, 0.25) is 0 Å². The molecule has 0 saturated carbocycles. The SMILES string of the molecule is CCC(OC)C(=O)N1CCNC[C@@H]1C.Cl. The quantitative estimate of drug-likeness (QED) is 0.783. The van der Waals surface area contributed by atoms with Gasteiger partial charge in [0, 0.05) is 32.8 Å². The summed E-state index contributed by atoms with van der Waals surface area (Å²) in [5.74, 6) is 0.129. The first-order valence-electron chi connectivity index (χ1n) is 5.24. The van der Waals surface area contributed by atoms with E-state index in [0.717, 1.165) is 26.1 Å². The van der Waals surface area contributed by atoms with Crippen LogP contribution in [0, 0.1) is 0 Å². The first-order valence-corrected chi connectivity index (χ1v) is 5.24. The molecular formula is C10H21ClN2O2. The van der Waals surface area contributed by atoms with Crippen LogP contribution in [0.25, 0.3) is 0 Å². The Morgan fingerprint density at radius 2 is 2.33 bits per heavy atom. The number of carbonyl (C=O) groups is 1. The van der Waals surface area contributed by atoms with Crippen molar-refractivity contribution in [3.63, 3.8) is 0 Å². The fourth-order valence-electron chi connectivity index (χ4n) is 1.80. The van der Waals surface area contributed by atoms with Crippen LogP contribution in [0.4, 0.5) is 0 Å². The first-order chi connectivity index (χ1) is 6.70. The Morgan fingerprint density at radius 3 is 2.80 bits per heavy atom. The van der Waals surface area contributed by atoms with Crippen molar-refractivity contribution < 1.29 is 9.53 Å². The van der Waals surface area contributed by atoms with Crippen LogP contribution in [0.3, 0.4) is 0 Å². The summed E-state index contributed by atoms with van der Waals surface area (Å²) in [6.45, 7) is 6.59. The largest absolute Gasteiger partial charge is 0.372 e. The molecule has 1 N–H and O–H groups in total. The molecule has 1 aliphatic heterocycles. The van der Waals surface area contributed by atoms with E-state index in [4.69, 9.17) is 4.74 Å². The average molecular weight is 237 g/mol. The van der Waals surface area contributed by atoms with Crippen molar-refractivity contribution in [3.8, 4) is 0 Å². The topological polar surface area (TPSA) is 41.6 Å². The van der Waals surface area contributed by atoms with Crippen molar-refractivity contribution in [2.45, 2.75) is 32.4 Å². The van der Waals surface area contributed by atoms with E-state index in [9.17, 15) is 4.79 Å². The molecule has 90 valence electrons. The molecule has 2 atom stereocenters. The number of piperazine rings is 1. The number of ether oxygens (including phenoxy) is 1. The van der Waals surface area contributed by atoms with E-state index in [1.807, 2.05) is 11.8 Å². The zero-order valence-electron chi connectivity index (χ0n) is 9.66. The van der Waals surface area contributed by atoms with E-state index in [1.165, 1.54) is 0 Å². The highest BCUT2D eigenvalue weighted by atomic mass is 35.5. The lowest BCUT2D eigenvalue weighted by atomic mass is 10.1. The molecule has 0 spiro atoms. The molecule has 15 heavy (non-hydrogen) atoms. The van der Waals surface area contributed by atoms with Crippen molar-refractivity contribution in [1.82, 2.24) is 10.2 Å². The van der Waals surface area contributed by atoms with Crippen LogP contribution in [-0.4, -0.2) is 49.7 Å². The molecule has 0 aromatic heterocycles. The fourth-order valence-corrected chi connectivity index (χ4v) is 1.80. The Balaban J connectivity index is 0.00000196. The van der Waals surface area contributed by atoms with Crippen molar-refractivity contribution in [2.24, 2.45) is 0 Å². The number of rotatable bonds is 3. The summed E-state index contributed by atoms with van der Waals surface area (Å²) in [6, 6.07) is 0.278. The molecule has 5 heteroatoms. The lowest BCUT2D eigenvalue weighted by Crippen LogP contribution is -2.55. The molecular weight excluding hydrogens is 216 g/mol. The molecule has 1 saturated heterocycles. The Morgan fingerprint density at radius 1 is 1.67 bits per heavy atom. The molecule has 1 aliphatic rings. The summed E-state index contributed by atoms with van der Waals surface area (Å²) in [5.41, 5.74) is 0. The minimum absolute atomic E-state index is 0. The van der Waals surface area contributed by atoms with E-state index in [2.05, 4.69) is 12.2 Å². The Bertz CT molecular complexity index is 198. The molecule has 4 nitrogen and oxygen atoms in total. The van der Waals surface area contributed by atoms with Gasteiger partial charge in [0.05, 0.1) is 0 Å². The van der Waals surface area contributed by atoms with E-state index in [0.29, 0.717) is 0 Å². The van der Waals surface area contributed by atoms with Crippen LogP contribution in [0.1, 0.15) is 20.3 Å². The predicted octanol–water partition coefficient (Wildman–Crippen LogP) is 0.654. The number of carbonyl (C=O) groups excluding carboxylic acids is 1. The van der Waals surface area contributed by atoms with Crippen LogP contribution in [-0.2, 0) is 9.53 Å². The molecule has 0 aromatic rings. The number of nitrogens with zero attached hydrogens (tertiary/aromatic N) is 1. The van der Waals surface area contributed by atoms with E-state index >= 15 is 0 Å². The number of hydrogen-bond acceptors (Lipinski definition) is 3. The summed E-state index contributed by atoms with van der Waals surface area (Å²) >= 11 is 0. The third kappa shape index (κ3) is 3.63. The van der Waals surface area contributed by atoms with Gasteiger partial charge >= 0.3 is 0 Å². The minimum atomic E-state index is -0.268. The highest BCUT2D eigenvalue weighted by Crippen LogP contribution is 2.08. The molecule has 0 radical (unpaired) electrons. The Kier molecular flexibility index (Phi) is 6.89. The van der Waals surface area contributed by atoms with Gasteiger partial charge in [0.25, 0.3) is 5.91 Å². The van der Waals surface area contributed by atoms with Gasteiger partial charge < -0.3 is 15.0 Å². The molecule has 0 aromatic carbocycles.